The molecule has 12 aromatic rings. The second-order valence-corrected chi connectivity index (χ2v) is 20.3. The average molecular weight is 890 g/mol. The first kappa shape index (κ1) is 41.1. The minimum absolute atomic E-state index is 0.0228. The highest BCUT2D eigenvalue weighted by Crippen LogP contribution is 2.52. The number of nitrogens with zero attached hydrogens (tertiary/aromatic N) is 5. The number of para-hydroxylation sites is 2. The van der Waals surface area contributed by atoms with Crippen LogP contribution in [0.2, 0.25) is 0 Å². The summed E-state index contributed by atoms with van der Waals surface area (Å²) in [6.07, 6.45) is 1.14. The molecule has 3 aromatic heterocycles. The number of aromatic nitrogens is 5. The van der Waals surface area contributed by atoms with E-state index in [1.807, 2.05) is 0 Å². The van der Waals surface area contributed by atoms with Gasteiger partial charge in [0.2, 0.25) is 5.95 Å². The molecule has 1 atom stereocenters. The van der Waals surface area contributed by atoms with Crippen LogP contribution in [0.1, 0.15) is 52.2 Å². The molecule has 1 unspecified atom stereocenters. The van der Waals surface area contributed by atoms with E-state index in [2.05, 4.69) is 244 Å². The summed E-state index contributed by atoms with van der Waals surface area (Å²) in [5.74, 6) is 2.36. The Kier molecular flexibility index (Phi) is 9.19. The van der Waals surface area contributed by atoms with Gasteiger partial charge in [-0.3, -0.25) is 4.57 Å². The van der Waals surface area contributed by atoms with E-state index < -0.39 is 0 Å². The zero-order valence-electron chi connectivity index (χ0n) is 39.6. The van der Waals surface area contributed by atoms with Crippen LogP contribution in [-0.2, 0) is 10.8 Å². The molecule has 5 nitrogen and oxygen atoms in total. The van der Waals surface area contributed by atoms with Gasteiger partial charge < -0.3 is 4.57 Å². The number of benzene rings is 9. The lowest BCUT2D eigenvalue weighted by Crippen LogP contribution is -2.40. The molecule has 0 aliphatic heterocycles. The monoisotopic (exact) mass is 889 g/mol. The fraction of sp³-hybridized carbons (Fsp3) is 0.141. The SMILES string of the molecule is CC1CC(C)(C)c2c(-c3cccc(-n4c5ccccc5c5ccc6c7ccccc7n(-c7nc(-c8ccc(-c9ccccc9)cc8)nc(-c8cccc9ccccc89)n7)c6c54)c3)cccc2C1(C)C. The zero-order valence-corrected chi connectivity index (χ0v) is 39.6. The zero-order chi connectivity index (χ0) is 46.6. The molecule has 0 saturated heterocycles. The molecule has 0 spiro atoms. The Morgan fingerprint density at radius 3 is 1.74 bits per heavy atom. The van der Waals surface area contributed by atoms with Crippen molar-refractivity contribution in [3.05, 3.63) is 211 Å². The molecule has 1 aliphatic carbocycles. The fourth-order valence-corrected chi connectivity index (χ4v) is 11.8. The van der Waals surface area contributed by atoms with Crippen molar-refractivity contribution >= 4 is 54.4 Å². The Hall–Kier alpha value is -8.15. The summed E-state index contributed by atoms with van der Waals surface area (Å²) in [4.78, 5) is 16.3. The highest BCUT2D eigenvalue weighted by Gasteiger charge is 2.43. The van der Waals surface area contributed by atoms with Gasteiger partial charge in [0.25, 0.3) is 0 Å². The summed E-state index contributed by atoms with van der Waals surface area (Å²) in [6, 6.07) is 72.3. The second kappa shape index (κ2) is 15.4. The highest BCUT2D eigenvalue weighted by molar-refractivity contribution is 6.23. The van der Waals surface area contributed by atoms with Crippen molar-refractivity contribution in [2.75, 3.05) is 0 Å². The van der Waals surface area contributed by atoms with Gasteiger partial charge >= 0.3 is 0 Å². The molecule has 0 N–H and O–H groups in total. The normalized spacial score (nSPS) is 15.3. The Morgan fingerprint density at radius 2 is 0.986 bits per heavy atom. The van der Waals surface area contributed by atoms with Crippen LogP contribution in [0.4, 0.5) is 0 Å². The lowest BCUT2D eigenvalue weighted by molar-refractivity contribution is 0.234. The van der Waals surface area contributed by atoms with Crippen molar-refractivity contribution in [3.63, 3.8) is 0 Å². The van der Waals surface area contributed by atoms with Gasteiger partial charge in [-0.2, -0.15) is 9.97 Å². The van der Waals surface area contributed by atoms with Crippen LogP contribution < -0.4 is 0 Å². The van der Waals surface area contributed by atoms with E-state index in [0.29, 0.717) is 23.5 Å². The number of fused-ring (bicyclic) bond motifs is 9. The minimum Gasteiger partial charge on any atom is -0.307 e. The van der Waals surface area contributed by atoms with Crippen LogP contribution in [0.5, 0.6) is 0 Å². The largest absolute Gasteiger partial charge is 0.307 e. The number of hydrogen-bond acceptors (Lipinski definition) is 3. The topological polar surface area (TPSA) is 48.5 Å². The summed E-state index contributed by atoms with van der Waals surface area (Å²) in [5.41, 5.74) is 15.2. The Labute approximate surface area is 402 Å². The van der Waals surface area contributed by atoms with Gasteiger partial charge in [-0.1, -0.05) is 211 Å². The van der Waals surface area contributed by atoms with Crippen molar-refractivity contribution in [2.45, 2.75) is 51.9 Å². The van der Waals surface area contributed by atoms with Crippen LogP contribution in [-0.4, -0.2) is 24.1 Å². The molecular weight excluding hydrogens is 839 g/mol. The Balaban J connectivity index is 1.10. The van der Waals surface area contributed by atoms with E-state index in [1.54, 1.807) is 0 Å². The molecule has 0 saturated carbocycles. The van der Waals surface area contributed by atoms with Gasteiger partial charge in [-0.25, -0.2) is 4.98 Å². The maximum Gasteiger partial charge on any atom is 0.238 e. The lowest BCUT2D eigenvalue weighted by Gasteiger charge is -2.47. The molecule has 5 heteroatoms. The third kappa shape index (κ3) is 6.40. The van der Waals surface area contributed by atoms with Crippen LogP contribution >= 0.6 is 0 Å². The van der Waals surface area contributed by atoms with E-state index in [4.69, 9.17) is 15.0 Å². The highest BCUT2D eigenvalue weighted by atomic mass is 15.2. The summed E-state index contributed by atoms with van der Waals surface area (Å²) >= 11 is 0. The predicted octanol–water partition coefficient (Wildman–Crippen LogP) is 16.5. The van der Waals surface area contributed by atoms with Crippen molar-refractivity contribution < 1.29 is 0 Å². The van der Waals surface area contributed by atoms with Gasteiger partial charge in [0.15, 0.2) is 11.6 Å². The fourth-order valence-electron chi connectivity index (χ4n) is 11.8. The van der Waals surface area contributed by atoms with Crippen molar-refractivity contribution in [3.8, 4) is 56.7 Å². The maximum absolute atomic E-state index is 5.51. The van der Waals surface area contributed by atoms with Crippen LogP contribution in [0.15, 0.2) is 200 Å². The van der Waals surface area contributed by atoms with E-state index in [-0.39, 0.29) is 10.8 Å². The molecule has 1 aliphatic rings. The third-order valence-electron chi connectivity index (χ3n) is 15.5. The molecule has 0 fully saturated rings. The van der Waals surface area contributed by atoms with E-state index in [0.717, 1.165) is 78.0 Å². The van der Waals surface area contributed by atoms with Crippen molar-refractivity contribution in [2.24, 2.45) is 5.92 Å². The number of rotatable bonds is 6. The maximum atomic E-state index is 5.51. The smallest absolute Gasteiger partial charge is 0.238 e. The van der Waals surface area contributed by atoms with E-state index in [9.17, 15) is 0 Å². The quantitative estimate of drug-likeness (QED) is 0.167. The van der Waals surface area contributed by atoms with Crippen molar-refractivity contribution in [1.29, 1.82) is 0 Å². The summed E-state index contributed by atoms with van der Waals surface area (Å²) < 4.78 is 4.78. The Morgan fingerprint density at radius 1 is 0.435 bits per heavy atom. The molecule has 13 rings (SSSR count). The van der Waals surface area contributed by atoms with Gasteiger partial charge in [0.1, 0.15) is 0 Å². The molecule has 69 heavy (non-hydrogen) atoms. The third-order valence-corrected chi connectivity index (χ3v) is 15.5. The molecule has 3 heterocycles. The minimum atomic E-state index is 0.0228. The summed E-state index contributed by atoms with van der Waals surface area (Å²) in [7, 11) is 0. The molecule has 0 bridgehead atoms. The predicted molar refractivity (Wildman–Crippen MR) is 288 cm³/mol. The van der Waals surface area contributed by atoms with Crippen LogP contribution in [0, 0.1) is 5.92 Å². The van der Waals surface area contributed by atoms with Gasteiger partial charge in [0.05, 0.1) is 22.1 Å². The molecule has 332 valence electrons. The van der Waals surface area contributed by atoms with Gasteiger partial charge in [-0.15, -0.1) is 0 Å². The Bertz CT molecular complexity index is 4000. The summed E-state index contributed by atoms with van der Waals surface area (Å²) in [5, 5.41) is 6.85. The second-order valence-electron chi connectivity index (χ2n) is 20.3. The standard InChI is InChI=1S/C64H51N5/c1-40-39-63(2,3)57-48(27-17-29-54(57)64(40,4)5)45-22-15-23-46(38-45)68-55-30-13-11-25-49(55)51-36-37-52-50-26-12-14-31-56(50)69(59(52)58(51)68)62-66-60(44-34-32-42(33-35-44)41-18-7-6-8-19-41)65-61(67-62)53-28-16-21-43-20-9-10-24-47(43)53/h6-38,40H,39H2,1-5H3. The molecular formula is C64H51N5. The molecule has 0 amide bonds. The first-order chi connectivity index (χ1) is 33.6. The summed E-state index contributed by atoms with van der Waals surface area (Å²) in [6.45, 7) is 12.1. The van der Waals surface area contributed by atoms with Crippen LogP contribution in [0.25, 0.3) is 111 Å². The average Bonchev–Trinajstić information content (AvgIpc) is 3.91. The van der Waals surface area contributed by atoms with Crippen LogP contribution in [0.3, 0.4) is 0 Å². The van der Waals surface area contributed by atoms with Gasteiger partial charge in [-0.05, 0) is 91.6 Å². The van der Waals surface area contributed by atoms with Crippen molar-refractivity contribution in [1.82, 2.24) is 24.1 Å². The van der Waals surface area contributed by atoms with E-state index >= 15 is 0 Å². The lowest BCUT2D eigenvalue weighted by atomic mass is 9.57. The first-order valence-corrected chi connectivity index (χ1v) is 24.2. The first-order valence-electron chi connectivity index (χ1n) is 24.2. The molecule has 9 aromatic carbocycles. The van der Waals surface area contributed by atoms with Gasteiger partial charge in [0, 0.05) is 38.4 Å². The van der Waals surface area contributed by atoms with E-state index in [1.165, 1.54) is 33.0 Å². The number of hydrogen-bond donors (Lipinski definition) is 0. The molecule has 0 radical (unpaired) electrons.